The van der Waals surface area contributed by atoms with Gasteiger partial charge in [-0.05, 0) is 23.4 Å². The topological polar surface area (TPSA) is 55.4 Å². The SMILES string of the molecule is Nc1cc(F)ccc1N=O. The third-order valence-corrected chi connectivity index (χ3v) is 1.09. The van der Waals surface area contributed by atoms with Crippen molar-refractivity contribution in [2.45, 2.75) is 0 Å². The highest BCUT2D eigenvalue weighted by atomic mass is 19.1. The highest BCUT2D eigenvalue weighted by molar-refractivity contribution is 5.61. The predicted molar refractivity (Wildman–Crippen MR) is 36.3 cm³/mol. The second kappa shape index (κ2) is 2.43. The number of halogens is 1. The number of benzene rings is 1. The highest BCUT2D eigenvalue weighted by Crippen LogP contribution is 2.21. The van der Waals surface area contributed by atoms with Crippen molar-refractivity contribution in [3.05, 3.63) is 28.9 Å². The van der Waals surface area contributed by atoms with Crippen LogP contribution in [0.3, 0.4) is 0 Å². The number of nitrogens with zero attached hydrogens (tertiary/aromatic N) is 1. The van der Waals surface area contributed by atoms with Crippen LogP contribution in [0, 0.1) is 10.7 Å². The maximum Gasteiger partial charge on any atom is 0.131 e. The van der Waals surface area contributed by atoms with Gasteiger partial charge in [0.2, 0.25) is 0 Å². The molecule has 1 aromatic carbocycles. The number of anilines is 1. The van der Waals surface area contributed by atoms with Gasteiger partial charge in [-0.1, -0.05) is 0 Å². The monoisotopic (exact) mass is 140 g/mol. The summed E-state index contributed by atoms with van der Waals surface area (Å²) >= 11 is 0. The molecule has 4 heteroatoms. The summed E-state index contributed by atoms with van der Waals surface area (Å²) < 4.78 is 12.3. The largest absolute Gasteiger partial charge is 0.397 e. The summed E-state index contributed by atoms with van der Waals surface area (Å²) in [6.45, 7) is 0. The van der Waals surface area contributed by atoms with E-state index >= 15 is 0 Å². The number of hydrogen-bond acceptors (Lipinski definition) is 3. The van der Waals surface area contributed by atoms with Crippen molar-refractivity contribution in [1.29, 1.82) is 0 Å². The molecule has 0 spiro atoms. The van der Waals surface area contributed by atoms with Crippen LogP contribution in [0.4, 0.5) is 15.8 Å². The molecule has 10 heavy (non-hydrogen) atoms. The average Bonchev–Trinajstić information content (AvgIpc) is 1.88. The molecule has 0 aliphatic rings. The van der Waals surface area contributed by atoms with Crippen LogP contribution in [0.25, 0.3) is 0 Å². The van der Waals surface area contributed by atoms with E-state index in [9.17, 15) is 9.30 Å². The van der Waals surface area contributed by atoms with Crippen molar-refractivity contribution >= 4 is 11.4 Å². The molecule has 2 N–H and O–H groups in total. The Labute approximate surface area is 56.6 Å². The lowest BCUT2D eigenvalue weighted by Crippen LogP contribution is -1.85. The van der Waals surface area contributed by atoms with Gasteiger partial charge in [0.25, 0.3) is 0 Å². The molecular weight excluding hydrogens is 135 g/mol. The fourth-order valence-corrected chi connectivity index (χ4v) is 0.609. The lowest BCUT2D eigenvalue weighted by molar-refractivity contribution is 0.628. The number of nitrogens with two attached hydrogens (primary N) is 1. The number of hydrogen-bond donors (Lipinski definition) is 1. The molecule has 0 saturated heterocycles. The maximum absolute atomic E-state index is 12.3. The van der Waals surface area contributed by atoms with Gasteiger partial charge in [-0.15, -0.1) is 4.91 Å². The second-order valence-corrected chi connectivity index (χ2v) is 1.79. The molecule has 0 heterocycles. The third-order valence-electron chi connectivity index (χ3n) is 1.09. The highest BCUT2D eigenvalue weighted by Gasteiger charge is 1.98. The van der Waals surface area contributed by atoms with Crippen molar-refractivity contribution < 1.29 is 4.39 Å². The Morgan fingerprint density at radius 1 is 1.50 bits per heavy atom. The van der Waals surface area contributed by atoms with Crippen molar-refractivity contribution in [1.82, 2.24) is 0 Å². The molecule has 0 amide bonds. The first-order valence-corrected chi connectivity index (χ1v) is 2.62. The molecule has 0 saturated carbocycles. The van der Waals surface area contributed by atoms with Crippen LogP contribution in [0.2, 0.25) is 0 Å². The van der Waals surface area contributed by atoms with E-state index in [4.69, 9.17) is 5.73 Å². The zero-order chi connectivity index (χ0) is 7.56. The van der Waals surface area contributed by atoms with Crippen molar-refractivity contribution in [3.63, 3.8) is 0 Å². The number of nitrogen functional groups attached to an aromatic ring is 1. The fourth-order valence-electron chi connectivity index (χ4n) is 0.609. The number of nitroso groups, excluding NO2 is 1. The van der Waals surface area contributed by atoms with E-state index < -0.39 is 5.82 Å². The van der Waals surface area contributed by atoms with Gasteiger partial charge in [0.15, 0.2) is 0 Å². The minimum atomic E-state index is -0.468. The van der Waals surface area contributed by atoms with Crippen LogP contribution in [0.5, 0.6) is 0 Å². The molecular formula is C6H5FN2O. The average molecular weight is 140 g/mol. The predicted octanol–water partition coefficient (Wildman–Crippen LogP) is 1.81. The van der Waals surface area contributed by atoms with Crippen LogP contribution < -0.4 is 5.73 Å². The van der Waals surface area contributed by atoms with Gasteiger partial charge in [0.1, 0.15) is 11.5 Å². The van der Waals surface area contributed by atoms with Crippen molar-refractivity contribution in [2.24, 2.45) is 5.18 Å². The zero-order valence-electron chi connectivity index (χ0n) is 5.04. The summed E-state index contributed by atoms with van der Waals surface area (Å²) in [6.07, 6.45) is 0. The summed E-state index contributed by atoms with van der Waals surface area (Å²) in [5.74, 6) is -0.468. The summed E-state index contributed by atoms with van der Waals surface area (Å²) in [5, 5.41) is 2.57. The molecule has 0 atom stereocenters. The van der Waals surface area contributed by atoms with Crippen LogP contribution >= 0.6 is 0 Å². The molecule has 0 radical (unpaired) electrons. The van der Waals surface area contributed by atoms with E-state index in [0.29, 0.717) is 0 Å². The van der Waals surface area contributed by atoms with Gasteiger partial charge >= 0.3 is 0 Å². The second-order valence-electron chi connectivity index (χ2n) is 1.79. The minimum Gasteiger partial charge on any atom is -0.397 e. The molecule has 3 nitrogen and oxygen atoms in total. The van der Waals surface area contributed by atoms with Crippen LogP contribution in [-0.2, 0) is 0 Å². The smallest absolute Gasteiger partial charge is 0.131 e. The Morgan fingerprint density at radius 3 is 2.70 bits per heavy atom. The Kier molecular flexibility index (Phi) is 1.62. The minimum absolute atomic E-state index is 0.0648. The molecule has 0 aliphatic heterocycles. The fraction of sp³-hybridized carbons (Fsp3) is 0. The summed E-state index contributed by atoms with van der Waals surface area (Å²) in [7, 11) is 0. The normalized spacial score (nSPS) is 9.30. The lowest BCUT2D eigenvalue weighted by atomic mass is 10.3. The summed E-state index contributed by atoms with van der Waals surface area (Å²) in [5.41, 5.74) is 5.33. The Morgan fingerprint density at radius 2 is 2.20 bits per heavy atom. The molecule has 0 aliphatic carbocycles. The quantitative estimate of drug-likeness (QED) is 0.477. The standard InChI is InChI=1S/C6H5FN2O/c7-4-1-2-6(9-10)5(8)3-4/h1-3H,8H2. The molecule has 0 bridgehead atoms. The van der Waals surface area contributed by atoms with Gasteiger partial charge in [-0.3, -0.25) is 0 Å². The Balaban J connectivity index is 3.19. The van der Waals surface area contributed by atoms with Gasteiger partial charge in [-0.25, -0.2) is 4.39 Å². The van der Waals surface area contributed by atoms with Gasteiger partial charge in [-0.2, -0.15) is 0 Å². The maximum atomic E-state index is 12.3. The van der Waals surface area contributed by atoms with E-state index in [1.165, 1.54) is 6.07 Å². The first-order chi connectivity index (χ1) is 4.74. The van der Waals surface area contributed by atoms with Crippen molar-refractivity contribution in [3.8, 4) is 0 Å². The lowest BCUT2D eigenvalue weighted by Gasteiger charge is -1.93. The first kappa shape index (κ1) is 6.67. The van der Waals surface area contributed by atoms with Crippen LogP contribution in [-0.4, -0.2) is 0 Å². The first-order valence-electron chi connectivity index (χ1n) is 2.62. The van der Waals surface area contributed by atoms with E-state index in [0.717, 1.165) is 12.1 Å². The molecule has 1 aromatic rings. The van der Waals surface area contributed by atoms with Gasteiger partial charge in [0.05, 0.1) is 5.69 Å². The molecule has 0 unspecified atom stereocenters. The zero-order valence-corrected chi connectivity index (χ0v) is 5.04. The molecule has 0 aromatic heterocycles. The molecule has 1 rings (SSSR count). The third kappa shape index (κ3) is 1.10. The van der Waals surface area contributed by atoms with Crippen LogP contribution in [0.15, 0.2) is 23.4 Å². The Bertz CT molecular complexity index is 262. The van der Waals surface area contributed by atoms with E-state index in [-0.39, 0.29) is 11.4 Å². The van der Waals surface area contributed by atoms with Crippen LogP contribution in [0.1, 0.15) is 0 Å². The number of rotatable bonds is 1. The van der Waals surface area contributed by atoms with Crippen molar-refractivity contribution in [2.75, 3.05) is 5.73 Å². The van der Waals surface area contributed by atoms with E-state index in [1.807, 2.05) is 0 Å². The summed E-state index contributed by atoms with van der Waals surface area (Å²) in [6, 6.07) is 3.42. The van der Waals surface area contributed by atoms with E-state index in [1.54, 1.807) is 0 Å². The Hall–Kier alpha value is -1.45. The summed E-state index contributed by atoms with van der Waals surface area (Å²) in [4.78, 5) is 9.89. The molecule has 52 valence electrons. The van der Waals surface area contributed by atoms with Gasteiger partial charge < -0.3 is 5.73 Å². The van der Waals surface area contributed by atoms with Gasteiger partial charge in [0, 0.05) is 0 Å². The van der Waals surface area contributed by atoms with E-state index in [2.05, 4.69) is 5.18 Å². The molecule has 0 fully saturated rings.